The summed E-state index contributed by atoms with van der Waals surface area (Å²) in [4.78, 5) is 28.9. The number of benzene rings is 2. The summed E-state index contributed by atoms with van der Waals surface area (Å²) >= 11 is 0. The van der Waals surface area contributed by atoms with Gasteiger partial charge in [-0.3, -0.25) is 4.90 Å². The molecule has 1 aromatic heterocycles. The molecule has 1 aliphatic rings. The Hall–Kier alpha value is -4.29. The zero-order valence-corrected chi connectivity index (χ0v) is 29.4. The number of aromatic nitrogens is 2. The molecule has 2 heterocycles. The van der Waals surface area contributed by atoms with E-state index in [1.807, 2.05) is 30.3 Å². The zero-order chi connectivity index (χ0) is 34.3. The van der Waals surface area contributed by atoms with E-state index in [-0.39, 0.29) is 6.54 Å². The molecule has 48 heavy (non-hydrogen) atoms. The molecule has 2 aromatic carbocycles. The average Bonchev–Trinajstić information content (AvgIpc) is 3.09. The van der Waals surface area contributed by atoms with E-state index >= 15 is 0 Å². The number of amides is 1. The number of anilines is 3. The molecule has 3 aromatic rings. The van der Waals surface area contributed by atoms with Crippen LogP contribution in [-0.4, -0.2) is 100 Å². The number of hydrogen-bond acceptors (Lipinski definition) is 11. The van der Waals surface area contributed by atoms with Gasteiger partial charge >= 0.3 is 6.09 Å². The third-order valence-electron chi connectivity index (χ3n) is 8.19. The summed E-state index contributed by atoms with van der Waals surface area (Å²) in [6.45, 7) is 10.8. The minimum atomic E-state index is -0.481. The lowest BCUT2D eigenvalue weighted by atomic mass is 10.1. The minimum absolute atomic E-state index is 0.237. The first-order valence-corrected chi connectivity index (χ1v) is 16.8. The first kappa shape index (κ1) is 36.5. The Morgan fingerprint density at radius 3 is 2.46 bits per heavy atom. The molecular weight excluding hydrogens is 612 g/mol. The topological polar surface area (TPSA) is 111 Å². The third kappa shape index (κ3) is 11.2. The second-order valence-electron chi connectivity index (χ2n) is 12.4. The second-order valence-corrected chi connectivity index (χ2v) is 12.4. The van der Waals surface area contributed by atoms with Crippen LogP contribution in [0, 0.1) is 5.92 Å². The molecule has 12 heteroatoms. The maximum atomic E-state index is 13.4. The van der Waals surface area contributed by atoms with Gasteiger partial charge in [0.05, 0.1) is 41.1 Å². The Morgan fingerprint density at radius 2 is 1.73 bits per heavy atom. The predicted octanol–water partition coefficient (Wildman–Crippen LogP) is 6.23. The molecule has 0 radical (unpaired) electrons. The van der Waals surface area contributed by atoms with Crippen LogP contribution in [0.4, 0.5) is 22.2 Å². The number of nitrogens with one attached hydrogen (secondary N) is 1. The van der Waals surface area contributed by atoms with Crippen LogP contribution in [0.15, 0.2) is 48.7 Å². The summed E-state index contributed by atoms with van der Waals surface area (Å²) in [5.41, 5.74) is 1.51. The Balaban J connectivity index is 1.49. The van der Waals surface area contributed by atoms with Gasteiger partial charge < -0.3 is 38.8 Å². The number of carbonyl (C=O) groups excluding carboxylic acids is 1. The van der Waals surface area contributed by atoms with Crippen molar-refractivity contribution in [2.24, 2.45) is 5.92 Å². The largest absolute Gasteiger partial charge is 0.497 e. The highest BCUT2D eigenvalue weighted by Crippen LogP contribution is 2.41. The SMILES string of the molecule is COc1cccc(CN(C(=O)OCCCCC(C)C)c2ccnc(Nc3cc(OC)c(OC)c(OCCCN4CCN(C)CC4)c3)n2)c1. The van der Waals surface area contributed by atoms with Gasteiger partial charge in [-0.05, 0) is 56.0 Å². The van der Waals surface area contributed by atoms with Crippen molar-refractivity contribution < 1.29 is 28.5 Å². The van der Waals surface area contributed by atoms with Crippen LogP contribution in [-0.2, 0) is 11.3 Å². The van der Waals surface area contributed by atoms with Crippen molar-refractivity contribution in [1.82, 2.24) is 19.8 Å². The molecule has 4 rings (SSSR count). The monoisotopic (exact) mass is 664 g/mol. The van der Waals surface area contributed by atoms with Crippen molar-refractivity contribution in [2.75, 3.05) is 84.5 Å². The molecule has 12 nitrogen and oxygen atoms in total. The smallest absolute Gasteiger partial charge is 0.415 e. The van der Waals surface area contributed by atoms with Crippen LogP contribution in [0.5, 0.6) is 23.0 Å². The Labute approximate surface area is 285 Å². The number of hydrogen-bond donors (Lipinski definition) is 1. The fourth-order valence-corrected chi connectivity index (χ4v) is 5.42. The van der Waals surface area contributed by atoms with Crippen LogP contribution in [0.25, 0.3) is 0 Å². The van der Waals surface area contributed by atoms with Gasteiger partial charge in [-0.15, -0.1) is 0 Å². The summed E-state index contributed by atoms with van der Waals surface area (Å²) in [5, 5.41) is 3.25. The number of methoxy groups -OCH3 is 3. The van der Waals surface area contributed by atoms with Gasteiger partial charge in [0.1, 0.15) is 11.6 Å². The lowest BCUT2D eigenvalue weighted by Crippen LogP contribution is -2.44. The molecule has 1 N–H and O–H groups in total. The summed E-state index contributed by atoms with van der Waals surface area (Å²) in [5.74, 6) is 3.56. The normalized spacial score (nSPS) is 13.6. The van der Waals surface area contributed by atoms with Crippen molar-refractivity contribution in [3.63, 3.8) is 0 Å². The number of unbranched alkanes of at least 4 members (excludes halogenated alkanes) is 1. The Kier molecular flexibility index (Phi) is 14.4. The van der Waals surface area contributed by atoms with Gasteiger partial charge in [0.15, 0.2) is 11.5 Å². The average molecular weight is 665 g/mol. The van der Waals surface area contributed by atoms with Crippen molar-refractivity contribution in [3.05, 3.63) is 54.2 Å². The number of piperazine rings is 1. The van der Waals surface area contributed by atoms with Gasteiger partial charge in [-0.25, -0.2) is 9.78 Å². The molecular formula is C36H52N6O6. The molecule has 262 valence electrons. The molecule has 1 aliphatic heterocycles. The number of nitrogens with zero attached hydrogens (tertiary/aromatic N) is 5. The summed E-state index contributed by atoms with van der Waals surface area (Å²) in [6, 6.07) is 12.9. The molecule has 0 unspecified atom stereocenters. The van der Waals surface area contributed by atoms with E-state index in [4.69, 9.17) is 28.7 Å². The van der Waals surface area contributed by atoms with E-state index in [1.165, 1.54) is 4.90 Å². The van der Waals surface area contributed by atoms with Gasteiger partial charge in [0, 0.05) is 56.7 Å². The van der Waals surface area contributed by atoms with Gasteiger partial charge in [-0.2, -0.15) is 4.98 Å². The minimum Gasteiger partial charge on any atom is -0.497 e. The molecule has 0 bridgehead atoms. The van der Waals surface area contributed by atoms with E-state index in [0.717, 1.165) is 64.0 Å². The van der Waals surface area contributed by atoms with E-state index in [0.29, 0.717) is 59.6 Å². The van der Waals surface area contributed by atoms with E-state index in [9.17, 15) is 4.79 Å². The van der Waals surface area contributed by atoms with Gasteiger partial charge in [0.2, 0.25) is 11.7 Å². The number of rotatable bonds is 18. The maximum absolute atomic E-state index is 13.4. The highest BCUT2D eigenvalue weighted by atomic mass is 16.6. The van der Waals surface area contributed by atoms with Crippen molar-refractivity contribution in [3.8, 4) is 23.0 Å². The number of ether oxygens (including phenoxy) is 5. The Bertz CT molecular complexity index is 1430. The van der Waals surface area contributed by atoms with E-state index < -0.39 is 6.09 Å². The number of likely N-dealkylation sites (N-methyl/N-ethyl adjacent to an activating group) is 1. The van der Waals surface area contributed by atoms with Crippen molar-refractivity contribution >= 4 is 23.5 Å². The lowest BCUT2D eigenvalue weighted by Gasteiger charge is -2.32. The van der Waals surface area contributed by atoms with Crippen LogP contribution in [0.1, 0.15) is 45.1 Å². The first-order valence-electron chi connectivity index (χ1n) is 16.8. The fourth-order valence-electron chi connectivity index (χ4n) is 5.42. The molecule has 0 spiro atoms. The van der Waals surface area contributed by atoms with Gasteiger partial charge in [-0.1, -0.05) is 32.4 Å². The van der Waals surface area contributed by atoms with Crippen LogP contribution in [0.3, 0.4) is 0 Å². The van der Waals surface area contributed by atoms with E-state index in [2.05, 4.69) is 41.0 Å². The molecule has 1 saturated heterocycles. The molecule has 0 aliphatic carbocycles. The quantitative estimate of drug-likeness (QED) is 0.156. The standard InChI is InChI=1S/C36H52N6O6/c1-27(2)11-7-8-21-48-36(43)42(26-28-12-9-13-30(23-28)44-4)33-14-15-37-35(39-33)38-29-24-31(45-5)34(46-6)32(25-29)47-22-10-16-41-19-17-40(3)18-20-41/h9,12-15,23-25,27H,7-8,10-11,16-22,26H2,1-6H3,(H,37,38,39). The van der Waals surface area contributed by atoms with Crippen LogP contribution >= 0.6 is 0 Å². The summed E-state index contributed by atoms with van der Waals surface area (Å²) < 4.78 is 28.6. The van der Waals surface area contributed by atoms with Crippen LogP contribution < -0.4 is 29.2 Å². The number of carbonyl (C=O) groups is 1. The Morgan fingerprint density at radius 1 is 0.938 bits per heavy atom. The highest BCUT2D eigenvalue weighted by molar-refractivity contribution is 5.86. The molecule has 0 atom stereocenters. The fraction of sp³-hybridized carbons (Fsp3) is 0.528. The zero-order valence-electron chi connectivity index (χ0n) is 29.4. The molecule has 1 fully saturated rings. The first-order chi connectivity index (χ1) is 23.3. The van der Waals surface area contributed by atoms with Gasteiger partial charge in [0.25, 0.3) is 0 Å². The molecule has 1 amide bonds. The van der Waals surface area contributed by atoms with E-state index in [1.54, 1.807) is 39.7 Å². The predicted molar refractivity (Wildman–Crippen MR) is 188 cm³/mol. The second kappa shape index (κ2) is 18.9. The van der Waals surface area contributed by atoms with Crippen LogP contribution in [0.2, 0.25) is 0 Å². The summed E-state index contributed by atoms with van der Waals surface area (Å²) in [6.07, 6.45) is 4.89. The maximum Gasteiger partial charge on any atom is 0.415 e. The lowest BCUT2D eigenvalue weighted by molar-refractivity contribution is 0.145. The van der Waals surface area contributed by atoms with Crippen molar-refractivity contribution in [2.45, 2.75) is 46.1 Å². The third-order valence-corrected chi connectivity index (χ3v) is 8.19. The highest BCUT2D eigenvalue weighted by Gasteiger charge is 2.21. The molecule has 0 saturated carbocycles. The summed E-state index contributed by atoms with van der Waals surface area (Å²) in [7, 11) is 6.95. The van der Waals surface area contributed by atoms with Crippen molar-refractivity contribution in [1.29, 1.82) is 0 Å².